The van der Waals surface area contributed by atoms with Crippen LogP contribution in [0, 0.1) is 5.82 Å². The van der Waals surface area contributed by atoms with E-state index in [-0.39, 0.29) is 17.2 Å². The van der Waals surface area contributed by atoms with E-state index < -0.39 is 5.82 Å². The van der Waals surface area contributed by atoms with Crippen LogP contribution in [0.2, 0.25) is 0 Å². The fourth-order valence-electron chi connectivity index (χ4n) is 2.63. The highest BCUT2D eigenvalue weighted by Crippen LogP contribution is 2.26. The minimum atomic E-state index is -0.477. The SMILES string of the molecule is Nc1ccnc2[nH]cc(C(=O)c3ccc(Oc4ccccc4F)cn3)c12. The number of fused-ring (bicyclic) bond motifs is 1. The van der Waals surface area contributed by atoms with Crippen molar-refractivity contribution < 1.29 is 13.9 Å². The second-order valence-corrected chi connectivity index (χ2v) is 5.57. The molecule has 6 nitrogen and oxygen atoms in total. The number of ether oxygens (including phenoxy) is 1. The molecule has 4 rings (SSSR count). The zero-order valence-electron chi connectivity index (χ0n) is 13.4. The highest BCUT2D eigenvalue weighted by Gasteiger charge is 2.18. The molecule has 0 atom stereocenters. The summed E-state index contributed by atoms with van der Waals surface area (Å²) in [4.78, 5) is 23.9. The Morgan fingerprint density at radius 3 is 2.73 bits per heavy atom. The number of nitrogens with zero attached hydrogens (tertiary/aromatic N) is 2. The topological polar surface area (TPSA) is 93.9 Å². The normalized spacial score (nSPS) is 10.8. The Labute approximate surface area is 147 Å². The van der Waals surface area contributed by atoms with Gasteiger partial charge >= 0.3 is 0 Å². The van der Waals surface area contributed by atoms with Gasteiger partial charge < -0.3 is 15.5 Å². The molecular weight excluding hydrogens is 335 g/mol. The molecule has 0 saturated carbocycles. The molecule has 0 amide bonds. The number of anilines is 1. The average molecular weight is 348 g/mol. The number of carbonyl (C=O) groups excluding carboxylic acids is 1. The van der Waals surface area contributed by atoms with Crippen LogP contribution in [0.1, 0.15) is 16.1 Å². The first-order valence-electron chi connectivity index (χ1n) is 7.78. The molecule has 0 aliphatic carbocycles. The van der Waals surface area contributed by atoms with Gasteiger partial charge in [0.15, 0.2) is 11.6 Å². The largest absolute Gasteiger partial charge is 0.453 e. The van der Waals surface area contributed by atoms with Crippen molar-refractivity contribution in [2.75, 3.05) is 5.73 Å². The van der Waals surface area contributed by atoms with Crippen LogP contribution in [0.3, 0.4) is 0 Å². The van der Waals surface area contributed by atoms with Crippen molar-refractivity contribution >= 4 is 22.5 Å². The number of H-pyrrole nitrogens is 1. The number of aromatic nitrogens is 3. The number of carbonyl (C=O) groups is 1. The number of benzene rings is 1. The average Bonchev–Trinajstić information content (AvgIpc) is 3.09. The Bertz CT molecular complexity index is 1110. The minimum Gasteiger partial charge on any atom is -0.453 e. The van der Waals surface area contributed by atoms with Crippen molar-refractivity contribution in [3.8, 4) is 11.5 Å². The lowest BCUT2D eigenvalue weighted by atomic mass is 10.1. The fourth-order valence-corrected chi connectivity index (χ4v) is 2.63. The van der Waals surface area contributed by atoms with Crippen molar-refractivity contribution in [1.82, 2.24) is 15.0 Å². The van der Waals surface area contributed by atoms with E-state index in [0.717, 1.165) is 0 Å². The van der Waals surface area contributed by atoms with Gasteiger partial charge in [0.25, 0.3) is 0 Å². The third-order valence-corrected chi connectivity index (χ3v) is 3.88. The predicted molar refractivity (Wildman–Crippen MR) is 94.6 cm³/mol. The number of nitrogens with two attached hydrogens (primary N) is 1. The zero-order valence-corrected chi connectivity index (χ0v) is 13.4. The quantitative estimate of drug-likeness (QED) is 0.548. The number of hydrogen-bond acceptors (Lipinski definition) is 5. The molecule has 26 heavy (non-hydrogen) atoms. The molecule has 3 N–H and O–H groups in total. The first-order chi connectivity index (χ1) is 12.6. The van der Waals surface area contributed by atoms with Crippen molar-refractivity contribution in [3.05, 3.63) is 78.1 Å². The van der Waals surface area contributed by atoms with Gasteiger partial charge in [-0.3, -0.25) is 4.79 Å². The number of para-hydroxylation sites is 1. The van der Waals surface area contributed by atoms with Crippen LogP contribution in [-0.2, 0) is 0 Å². The summed E-state index contributed by atoms with van der Waals surface area (Å²) < 4.78 is 19.1. The Balaban J connectivity index is 1.62. The van der Waals surface area contributed by atoms with Gasteiger partial charge in [-0.1, -0.05) is 12.1 Å². The Morgan fingerprint density at radius 1 is 1.12 bits per heavy atom. The molecule has 4 aromatic rings. The molecule has 3 aromatic heterocycles. The predicted octanol–water partition coefficient (Wildman–Crippen LogP) is 3.70. The van der Waals surface area contributed by atoms with Crippen LogP contribution in [0.25, 0.3) is 11.0 Å². The third-order valence-electron chi connectivity index (χ3n) is 3.88. The monoisotopic (exact) mass is 348 g/mol. The van der Waals surface area contributed by atoms with Crippen molar-refractivity contribution in [3.63, 3.8) is 0 Å². The molecule has 0 radical (unpaired) electrons. The lowest BCUT2D eigenvalue weighted by Crippen LogP contribution is -2.04. The van der Waals surface area contributed by atoms with Crippen molar-refractivity contribution in [1.29, 1.82) is 0 Å². The number of hydrogen-bond donors (Lipinski definition) is 2. The summed E-state index contributed by atoms with van der Waals surface area (Å²) in [5.41, 5.74) is 7.55. The minimum absolute atomic E-state index is 0.0869. The number of aromatic amines is 1. The van der Waals surface area contributed by atoms with E-state index in [1.165, 1.54) is 24.4 Å². The van der Waals surface area contributed by atoms with Gasteiger partial charge in [-0.15, -0.1) is 0 Å². The molecule has 0 saturated heterocycles. The number of nitrogen functional groups attached to an aromatic ring is 1. The Hall–Kier alpha value is -3.74. The Kier molecular flexibility index (Phi) is 3.81. The second kappa shape index (κ2) is 6.29. The molecule has 0 bridgehead atoms. The first-order valence-corrected chi connectivity index (χ1v) is 7.78. The summed E-state index contributed by atoms with van der Waals surface area (Å²) in [6.07, 6.45) is 4.49. The van der Waals surface area contributed by atoms with E-state index in [9.17, 15) is 9.18 Å². The highest BCUT2D eigenvalue weighted by molar-refractivity contribution is 6.17. The van der Waals surface area contributed by atoms with Gasteiger partial charge in [0.05, 0.1) is 17.1 Å². The Morgan fingerprint density at radius 2 is 1.96 bits per heavy atom. The van der Waals surface area contributed by atoms with Crippen molar-refractivity contribution in [2.45, 2.75) is 0 Å². The second-order valence-electron chi connectivity index (χ2n) is 5.57. The maximum atomic E-state index is 13.6. The summed E-state index contributed by atoms with van der Waals surface area (Å²) in [7, 11) is 0. The van der Waals surface area contributed by atoms with Crippen LogP contribution in [0.4, 0.5) is 10.1 Å². The maximum absolute atomic E-state index is 13.6. The molecule has 0 unspecified atom stereocenters. The van der Waals surface area contributed by atoms with Crippen LogP contribution >= 0.6 is 0 Å². The van der Waals surface area contributed by atoms with Gasteiger partial charge in [-0.05, 0) is 30.3 Å². The number of nitrogens with one attached hydrogen (secondary N) is 1. The molecule has 0 aliphatic heterocycles. The number of ketones is 1. The molecule has 0 fully saturated rings. The summed E-state index contributed by atoms with van der Waals surface area (Å²) >= 11 is 0. The van der Waals surface area contributed by atoms with E-state index >= 15 is 0 Å². The van der Waals surface area contributed by atoms with E-state index in [4.69, 9.17) is 10.5 Å². The molecule has 1 aromatic carbocycles. The van der Waals surface area contributed by atoms with Crippen LogP contribution in [0.5, 0.6) is 11.5 Å². The summed E-state index contributed by atoms with van der Waals surface area (Å²) in [6.45, 7) is 0. The number of halogens is 1. The molecule has 0 aliphatic rings. The van der Waals surface area contributed by atoms with Crippen LogP contribution in [0.15, 0.2) is 61.1 Å². The van der Waals surface area contributed by atoms with E-state index in [0.29, 0.717) is 28.0 Å². The molecule has 128 valence electrons. The molecule has 7 heteroatoms. The van der Waals surface area contributed by atoms with Gasteiger partial charge in [-0.2, -0.15) is 0 Å². The first kappa shape index (κ1) is 15.8. The molecule has 3 heterocycles. The lowest BCUT2D eigenvalue weighted by Gasteiger charge is -2.07. The maximum Gasteiger partial charge on any atom is 0.213 e. The van der Waals surface area contributed by atoms with E-state index in [1.54, 1.807) is 36.7 Å². The standard InChI is InChI=1S/C19H13FN4O2/c20-13-3-1-2-4-16(13)26-11-5-6-15(23-9-11)18(25)12-10-24-19-17(12)14(21)7-8-22-19/h1-10H,(H3,21,22,24). The van der Waals surface area contributed by atoms with Gasteiger partial charge in [-0.25, -0.2) is 14.4 Å². The van der Waals surface area contributed by atoms with Crippen LogP contribution in [-0.4, -0.2) is 20.7 Å². The lowest BCUT2D eigenvalue weighted by molar-refractivity contribution is 0.103. The fraction of sp³-hybridized carbons (Fsp3) is 0. The summed E-state index contributed by atoms with van der Waals surface area (Å²) in [5, 5.41) is 0.561. The van der Waals surface area contributed by atoms with Crippen molar-refractivity contribution in [2.24, 2.45) is 0 Å². The number of pyridine rings is 2. The zero-order chi connectivity index (χ0) is 18.1. The molecular formula is C19H13FN4O2. The van der Waals surface area contributed by atoms with E-state index in [1.807, 2.05) is 0 Å². The summed E-state index contributed by atoms with van der Waals surface area (Å²) in [6, 6.07) is 10.8. The number of rotatable bonds is 4. The molecule has 0 spiro atoms. The van der Waals surface area contributed by atoms with Gasteiger partial charge in [0, 0.05) is 18.1 Å². The smallest absolute Gasteiger partial charge is 0.213 e. The summed E-state index contributed by atoms with van der Waals surface area (Å²) in [5.74, 6) is -0.363. The third kappa shape index (κ3) is 2.75. The van der Waals surface area contributed by atoms with E-state index in [2.05, 4.69) is 15.0 Å². The van der Waals surface area contributed by atoms with Crippen LogP contribution < -0.4 is 10.5 Å². The van der Waals surface area contributed by atoms with Gasteiger partial charge in [0.2, 0.25) is 5.78 Å². The van der Waals surface area contributed by atoms with Gasteiger partial charge in [0.1, 0.15) is 17.1 Å². The highest BCUT2D eigenvalue weighted by atomic mass is 19.1.